The number of aliphatic hydroxyl groups excluding tert-OH is 1. The van der Waals surface area contributed by atoms with Gasteiger partial charge in [-0.15, -0.1) is 10.2 Å². The van der Waals surface area contributed by atoms with E-state index in [0.29, 0.717) is 16.3 Å². The van der Waals surface area contributed by atoms with E-state index in [1.807, 2.05) is 0 Å². The molecule has 2 aromatic heterocycles. The van der Waals surface area contributed by atoms with E-state index in [-0.39, 0.29) is 34.8 Å². The van der Waals surface area contributed by atoms with Crippen LogP contribution >= 0.6 is 34.5 Å². The molecule has 0 aliphatic heterocycles. The van der Waals surface area contributed by atoms with Gasteiger partial charge >= 0.3 is 0 Å². The molecule has 172 valence electrons. The SMILES string of the molecule is O=S(=O)(Nc1nncs1)c1cc(Cl)c(Oc2ccc(Cl)cc2-c2ccnn2CCO)cc1F. The molecule has 0 saturated heterocycles. The largest absolute Gasteiger partial charge is 0.455 e. The number of aromatic nitrogens is 4. The molecule has 33 heavy (non-hydrogen) atoms. The van der Waals surface area contributed by atoms with Gasteiger partial charge in [-0.05, 0) is 30.3 Å². The number of anilines is 1. The highest BCUT2D eigenvalue weighted by Crippen LogP contribution is 2.39. The van der Waals surface area contributed by atoms with Crippen LogP contribution in [0.2, 0.25) is 10.0 Å². The van der Waals surface area contributed by atoms with Gasteiger partial charge in [0.1, 0.15) is 27.7 Å². The van der Waals surface area contributed by atoms with Crippen molar-refractivity contribution in [1.29, 1.82) is 0 Å². The molecule has 0 unspecified atom stereocenters. The molecule has 9 nitrogen and oxygen atoms in total. The highest BCUT2D eigenvalue weighted by molar-refractivity contribution is 7.93. The van der Waals surface area contributed by atoms with Crippen molar-refractivity contribution in [2.45, 2.75) is 11.4 Å². The summed E-state index contributed by atoms with van der Waals surface area (Å²) in [4.78, 5) is -0.674. The van der Waals surface area contributed by atoms with Gasteiger partial charge < -0.3 is 9.84 Å². The third-order valence-corrected chi connectivity index (χ3v) is 6.94. The molecule has 4 rings (SSSR count). The van der Waals surface area contributed by atoms with Gasteiger partial charge in [-0.3, -0.25) is 9.40 Å². The predicted molar refractivity (Wildman–Crippen MR) is 122 cm³/mol. The average Bonchev–Trinajstić information content (AvgIpc) is 3.43. The van der Waals surface area contributed by atoms with E-state index in [1.54, 1.807) is 35.1 Å². The van der Waals surface area contributed by atoms with E-state index in [1.165, 1.54) is 5.51 Å². The van der Waals surface area contributed by atoms with Crippen LogP contribution in [0, 0.1) is 5.82 Å². The highest BCUT2D eigenvalue weighted by Gasteiger charge is 2.24. The molecular formula is C19H14Cl2FN5O4S2. The lowest BCUT2D eigenvalue weighted by atomic mass is 10.1. The molecule has 0 radical (unpaired) electrons. The zero-order chi connectivity index (χ0) is 23.6. The first-order chi connectivity index (χ1) is 15.8. The summed E-state index contributed by atoms with van der Waals surface area (Å²) in [5, 5.41) is 20.8. The van der Waals surface area contributed by atoms with Gasteiger partial charge in [-0.2, -0.15) is 5.10 Å². The fourth-order valence-corrected chi connectivity index (χ4v) is 5.14. The number of nitrogens with zero attached hydrogens (tertiary/aromatic N) is 4. The van der Waals surface area contributed by atoms with Crippen molar-refractivity contribution in [3.05, 3.63) is 64.0 Å². The molecular weight excluding hydrogens is 516 g/mol. The quantitative estimate of drug-likeness (QED) is 0.346. The molecule has 0 amide bonds. The van der Waals surface area contributed by atoms with Crippen molar-refractivity contribution in [2.75, 3.05) is 11.3 Å². The standard InChI is InChI=1S/C19H14Cl2FN5O4S2/c20-11-1-2-16(12(7-11)15-3-4-24-27(15)5-6-28)31-17-9-14(22)18(8-13(17)21)33(29,30)26-19-25-23-10-32-19/h1-4,7-10,28H,5-6H2,(H,25,26). The summed E-state index contributed by atoms with van der Waals surface area (Å²) in [6.07, 6.45) is 1.55. The lowest BCUT2D eigenvalue weighted by Crippen LogP contribution is -2.14. The van der Waals surface area contributed by atoms with Crippen LogP contribution in [0.1, 0.15) is 0 Å². The Morgan fingerprint density at radius 2 is 2.00 bits per heavy atom. The van der Waals surface area contributed by atoms with Gasteiger partial charge in [0.25, 0.3) is 10.0 Å². The lowest BCUT2D eigenvalue weighted by molar-refractivity contribution is 0.270. The number of halogens is 3. The van der Waals surface area contributed by atoms with Crippen LogP contribution in [0.25, 0.3) is 11.3 Å². The monoisotopic (exact) mass is 529 g/mol. The minimum Gasteiger partial charge on any atom is -0.455 e. The Hall–Kier alpha value is -2.77. The van der Waals surface area contributed by atoms with Crippen LogP contribution in [0.5, 0.6) is 11.5 Å². The Labute approximate surface area is 201 Å². The van der Waals surface area contributed by atoms with Crippen LogP contribution in [-0.4, -0.2) is 40.1 Å². The topological polar surface area (TPSA) is 119 Å². The number of hydrogen-bond donors (Lipinski definition) is 2. The minimum atomic E-state index is -4.30. The van der Waals surface area contributed by atoms with Gasteiger partial charge in [0.15, 0.2) is 0 Å². The molecule has 14 heteroatoms. The number of rotatable bonds is 8. The Bertz CT molecular complexity index is 1400. The van der Waals surface area contributed by atoms with E-state index in [2.05, 4.69) is 20.0 Å². The highest BCUT2D eigenvalue weighted by atomic mass is 35.5. The second-order valence-corrected chi connectivity index (χ2v) is 9.80. The second kappa shape index (κ2) is 9.61. The number of sulfonamides is 1. The van der Waals surface area contributed by atoms with Crippen molar-refractivity contribution in [3.63, 3.8) is 0 Å². The maximum absolute atomic E-state index is 14.8. The van der Waals surface area contributed by atoms with Gasteiger partial charge in [0.2, 0.25) is 5.13 Å². The van der Waals surface area contributed by atoms with Crippen LogP contribution < -0.4 is 9.46 Å². The van der Waals surface area contributed by atoms with Crippen LogP contribution in [0.15, 0.2) is 53.0 Å². The number of aliphatic hydroxyl groups is 1. The third-order valence-electron chi connectivity index (χ3n) is 4.32. The molecule has 0 spiro atoms. The second-order valence-electron chi connectivity index (χ2n) is 6.47. The number of nitrogens with one attached hydrogen (secondary N) is 1. The first kappa shape index (κ1) is 23.4. The molecule has 2 heterocycles. The van der Waals surface area contributed by atoms with Gasteiger partial charge in [0, 0.05) is 22.8 Å². The van der Waals surface area contributed by atoms with E-state index in [9.17, 15) is 17.9 Å². The van der Waals surface area contributed by atoms with Crippen LogP contribution in [0.4, 0.5) is 9.52 Å². The normalized spacial score (nSPS) is 11.5. The fraction of sp³-hybridized carbons (Fsp3) is 0.105. The van der Waals surface area contributed by atoms with Crippen molar-refractivity contribution >= 4 is 49.7 Å². The molecule has 0 aliphatic rings. The average molecular weight is 530 g/mol. The Kier molecular flexibility index (Phi) is 6.81. The minimum absolute atomic E-state index is 0.0175. The summed E-state index contributed by atoms with van der Waals surface area (Å²) >= 11 is 13.3. The number of benzene rings is 2. The van der Waals surface area contributed by atoms with Gasteiger partial charge in [-0.1, -0.05) is 34.5 Å². The lowest BCUT2D eigenvalue weighted by Gasteiger charge is -2.15. The smallest absolute Gasteiger partial charge is 0.266 e. The molecule has 0 saturated carbocycles. The molecule has 0 atom stereocenters. The summed E-state index contributed by atoms with van der Waals surface area (Å²) < 4.78 is 49.4. The summed E-state index contributed by atoms with van der Waals surface area (Å²) in [6.45, 7) is 0.0986. The van der Waals surface area contributed by atoms with Crippen molar-refractivity contribution in [1.82, 2.24) is 20.0 Å². The summed E-state index contributed by atoms with van der Waals surface area (Å²) in [7, 11) is -4.30. The fourth-order valence-electron chi connectivity index (χ4n) is 2.93. The zero-order valence-electron chi connectivity index (χ0n) is 16.4. The Morgan fingerprint density at radius 3 is 2.73 bits per heavy atom. The molecule has 0 aliphatic carbocycles. The predicted octanol–water partition coefficient (Wildman–Crippen LogP) is 4.43. The van der Waals surface area contributed by atoms with Crippen molar-refractivity contribution < 1.29 is 22.7 Å². The van der Waals surface area contributed by atoms with Crippen molar-refractivity contribution in [3.8, 4) is 22.8 Å². The van der Waals surface area contributed by atoms with Gasteiger partial charge in [-0.25, -0.2) is 12.8 Å². The number of hydrogen-bond acceptors (Lipinski definition) is 8. The van der Waals surface area contributed by atoms with Crippen LogP contribution in [-0.2, 0) is 16.6 Å². The maximum atomic E-state index is 14.8. The summed E-state index contributed by atoms with van der Waals surface area (Å²) in [5.74, 6) is -0.920. The Balaban J connectivity index is 1.69. The van der Waals surface area contributed by atoms with E-state index in [4.69, 9.17) is 27.9 Å². The maximum Gasteiger partial charge on any atom is 0.266 e. The summed E-state index contributed by atoms with van der Waals surface area (Å²) in [6, 6.07) is 8.27. The first-order valence-corrected chi connectivity index (χ1v) is 12.3. The van der Waals surface area contributed by atoms with Crippen molar-refractivity contribution in [2.24, 2.45) is 0 Å². The molecule has 0 bridgehead atoms. The first-order valence-electron chi connectivity index (χ1n) is 9.17. The third kappa shape index (κ3) is 5.09. The zero-order valence-corrected chi connectivity index (χ0v) is 19.6. The van der Waals surface area contributed by atoms with E-state index in [0.717, 1.165) is 23.5 Å². The summed E-state index contributed by atoms with van der Waals surface area (Å²) in [5.41, 5.74) is 2.44. The van der Waals surface area contributed by atoms with E-state index < -0.39 is 20.7 Å². The Morgan fingerprint density at radius 1 is 1.18 bits per heavy atom. The molecule has 0 fully saturated rings. The van der Waals surface area contributed by atoms with Crippen LogP contribution in [0.3, 0.4) is 0 Å². The molecule has 2 aromatic carbocycles. The molecule has 2 N–H and O–H groups in total. The van der Waals surface area contributed by atoms with Gasteiger partial charge in [0.05, 0.1) is 23.9 Å². The number of ether oxygens (including phenoxy) is 1. The van der Waals surface area contributed by atoms with E-state index >= 15 is 0 Å². The molecule has 4 aromatic rings.